The normalized spacial score (nSPS) is 10.7. The van der Waals surface area contributed by atoms with Crippen LogP contribution in [-0.4, -0.2) is 26.4 Å². The molecule has 1 amide bonds. The van der Waals surface area contributed by atoms with Gasteiger partial charge in [-0.15, -0.1) is 10.2 Å². The predicted molar refractivity (Wildman–Crippen MR) is 95.1 cm³/mol. The SMILES string of the molecule is CCCCc1nnc(SCC(=O)Nc2cccc(Cl)c2)n1CC. The van der Waals surface area contributed by atoms with Crippen LogP contribution in [0.2, 0.25) is 5.02 Å². The summed E-state index contributed by atoms with van der Waals surface area (Å²) in [5, 5.41) is 12.7. The summed E-state index contributed by atoms with van der Waals surface area (Å²) >= 11 is 7.31. The largest absolute Gasteiger partial charge is 0.325 e. The minimum Gasteiger partial charge on any atom is -0.325 e. The van der Waals surface area contributed by atoms with E-state index in [1.165, 1.54) is 11.8 Å². The summed E-state index contributed by atoms with van der Waals surface area (Å²) in [6.07, 6.45) is 3.14. The van der Waals surface area contributed by atoms with E-state index in [0.717, 1.165) is 36.8 Å². The number of anilines is 1. The van der Waals surface area contributed by atoms with Crippen molar-refractivity contribution < 1.29 is 4.79 Å². The number of benzene rings is 1. The van der Waals surface area contributed by atoms with Crippen molar-refractivity contribution in [1.29, 1.82) is 0 Å². The maximum atomic E-state index is 12.0. The molecule has 2 rings (SSSR count). The third-order valence-corrected chi connectivity index (χ3v) is 4.51. The van der Waals surface area contributed by atoms with Crippen LogP contribution in [0, 0.1) is 0 Å². The van der Waals surface area contributed by atoms with Crippen molar-refractivity contribution in [3.8, 4) is 0 Å². The summed E-state index contributed by atoms with van der Waals surface area (Å²) < 4.78 is 2.08. The number of carbonyl (C=O) groups is 1. The lowest BCUT2D eigenvalue weighted by molar-refractivity contribution is -0.113. The molecule has 0 aliphatic carbocycles. The van der Waals surface area contributed by atoms with Crippen LogP contribution in [0.5, 0.6) is 0 Å². The average Bonchev–Trinajstić information content (AvgIpc) is 2.92. The van der Waals surface area contributed by atoms with Gasteiger partial charge in [-0.2, -0.15) is 0 Å². The molecule has 1 aromatic carbocycles. The molecule has 0 bridgehead atoms. The highest BCUT2D eigenvalue weighted by molar-refractivity contribution is 7.99. The quantitative estimate of drug-likeness (QED) is 0.729. The van der Waals surface area contributed by atoms with Crippen molar-refractivity contribution in [2.45, 2.75) is 44.8 Å². The van der Waals surface area contributed by atoms with Gasteiger partial charge in [0.25, 0.3) is 0 Å². The monoisotopic (exact) mass is 352 g/mol. The molecule has 0 saturated heterocycles. The first-order chi connectivity index (χ1) is 11.1. The van der Waals surface area contributed by atoms with Gasteiger partial charge in [0.15, 0.2) is 5.16 Å². The molecule has 0 fully saturated rings. The number of aryl methyl sites for hydroxylation is 1. The van der Waals surface area contributed by atoms with Crippen molar-refractivity contribution >= 4 is 35.0 Å². The van der Waals surface area contributed by atoms with Crippen LogP contribution in [-0.2, 0) is 17.8 Å². The number of hydrogen-bond donors (Lipinski definition) is 1. The molecule has 1 heterocycles. The lowest BCUT2D eigenvalue weighted by atomic mass is 10.2. The number of nitrogens with zero attached hydrogens (tertiary/aromatic N) is 3. The van der Waals surface area contributed by atoms with E-state index in [-0.39, 0.29) is 5.91 Å². The van der Waals surface area contributed by atoms with Crippen molar-refractivity contribution in [2.75, 3.05) is 11.1 Å². The lowest BCUT2D eigenvalue weighted by Gasteiger charge is -2.07. The number of thioether (sulfide) groups is 1. The molecule has 0 saturated carbocycles. The Morgan fingerprint density at radius 1 is 1.35 bits per heavy atom. The fourth-order valence-electron chi connectivity index (χ4n) is 2.16. The van der Waals surface area contributed by atoms with E-state index >= 15 is 0 Å². The number of carbonyl (C=O) groups excluding carboxylic acids is 1. The van der Waals surface area contributed by atoms with Gasteiger partial charge in [0.05, 0.1) is 5.75 Å². The third kappa shape index (κ3) is 5.25. The molecule has 0 unspecified atom stereocenters. The second-order valence-corrected chi connectivity index (χ2v) is 6.47. The number of rotatable bonds is 8. The van der Waals surface area contributed by atoms with Crippen molar-refractivity contribution in [3.05, 3.63) is 35.1 Å². The van der Waals surface area contributed by atoms with Crippen LogP contribution in [0.1, 0.15) is 32.5 Å². The molecule has 0 aliphatic rings. The number of amides is 1. The third-order valence-electron chi connectivity index (χ3n) is 3.30. The summed E-state index contributed by atoms with van der Waals surface area (Å²) in [5.74, 6) is 1.20. The number of hydrogen-bond acceptors (Lipinski definition) is 4. The Labute approximate surface area is 145 Å². The Hall–Kier alpha value is -1.53. The summed E-state index contributed by atoms with van der Waals surface area (Å²) in [4.78, 5) is 12.0. The number of halogens is 1. The fourth-order valence-corrected chi connectivity index (χ4v) is 3.17. The van der Waals surface area contributed by atoms with Crippen LogP contribution in [0.25, 0.3) is 0 Å². The van der Waals surface area contributed by atoms with Gasteiger partial charge in [0.2, 0.25) is 5.91 Å². The van der Waals surface area contributed by atoms with E-state index in [2.05, 4.69) is 33.9 Å². The highest BCUT2D eigenvalue weighted by Gasteiger charge is 2.13. The minimum absolute atomic E-state index is 0.0852. The van der Waals surface area contributed by atoms with Gasteiger partial charge >= 0.3 is 0 Å². The van der Waals surface area contributed by atoms with E-state index in [1.54, 1.807) is 18.2 Å². The molecule has 2 aromatic rings. The second kappa shape index (κ2) is 8.93. The molecule has 7 heteroatoms. The van der Waals surface area contributed by atoms with E-state index in [0.29, 0.717) is 16.5 Å². The second-order valence-electron chi connectivity index (χ2n) is 5.09. The molecule has 1 aromatic heterocycles. The van der Waals surface area contributed by atoms with Crippen molar-refractivity contribution in [2.24, 2.45) is 0 Å². The van der Waals surface area contributed by atoms with E-state index in [4.69, 9.17) is 11.6 Å². The molecule has 1 N–H and O–H groups in total. The van der Waals surface area contributed by atoms with Crippen molar-refractivity contribution in [1.82, 2.24) is 14.8 Å². The van der Waals surface area contributed by atoms with Gasteiger partial charge in [-0.25, -0.2) is 0 Å². The molecule has 0 aliphatic heterocycles. The molecule has 5 nitrogen and oxygen atoms in total. The van der Waals surface area contributed by atoms with Crippen molar-refractivity contribution in [3.63, 3.8) is 0 Å². The topological polar surface area (TPSA) is 59.8 Å². The number of nitrogens with one attached hydrogen (secondary N) is 1. The van der Waals surface area contributed by atoms with Gasteiger partial charge in [-0.3, -0.25) is 4.79 Å². The van der Waals surface area contributed by atoms with E-state index in [9.17, 15) is 4.79 Å². The van der Waals surface area contributed by atoms with Gasteiger partial charge in [0.1, 0.15) is 5.82 Å². The highest BCUT2D eigenvalue weighted by atomic mass is 35.5. The fraction of sp³-hybridized carbons (Fsp3) is 0.438. The van der Waals surface area contributed by atoms with Gasteiger partial charge in [-0.1, -0.05) is 42.8 Å². The average molecular weight is 353 g/mol. The molecule has 23 heavy (non-hydrogen) atoms. The summed E-state index contributed by atoms with van der Waals surface area (Å²) in [6.45, 7) is 5.03. The molecule has 0 atom stereocenters. The van der Waals surface area contributed by atoms with Crippen LogP contribution in [0.3, 0.4) is 0 Å². The summed E-state index contributed by atoms with van der Waals surface area (Å²) in [7, 11) is 0. The zero-order valence-corrected chi connectivity index (χ0v) is 15.0. The number of aromatic nitrogens is 3. The maximum absolute atomic E-state index is 12.0. The van der Waals surface area contributed by atoms with Crippen LogP contribution < -0.4 is 5.32 Å². The summed E-state index contributed by atoms with van der Waals surface area (Å²) in [5.41, 5.74) is 0.698. The van der Waals surface area contributed by atoms with Gasteiger partial charge in [0, 0.05) is 23.7 Å². The van der Waals surface area contributed by atoms with Crippen LogP contribution in [0.4, 0.5) is 5.69 Å². The van der Waals surface area contributed by atoms with E-state index in [1.807, 2.05) is 6.07 Å². The standard InChI is InChI=1S/C16H21ClN4OS/c1-3-5-9-14-19-20-16(21(14)4-2)23-11-15(22)18-13-8-6-7-12(17)10-13/h6-8,10H,3-5,9,11H2,1-2H3,(H,18,22). The Morgan fingerprint density at radius 3 is 2.87 bits per heavy atom. The van der Waals surface area contributed by atoms with Crippen LogP contribution >= 0.6 is 23.4 Å². The molecule has 124 valence electrons. The van der Waals surface area contributed by atoms with Crippen LogP contribution in [0.15, 0.2) is 29.4 Å². The zero-order chi connectivity index (χ0) is 16.7. The molecular weight excluding hydrogens is 332 g/mol. The minimum atomic E-state index is -0.0852. The van der Waals surface area contributed by atoms with Gasteiger partial charge < -0.3 is 9.88 Å². The Bertz CT molecular complexity index is 659. The highest BCUT2D eigenvalue weighted by Crippen LogP contribution is 2.19. The molecular formula is C16H21ClN4OS. The Morgan fingerprint density at radius 2 is 2.17 bits per heavy atom. The molecule has 0 radical (unpaired) electrons. The lowest BCUT2D eigenvalue weighted by Crippen LogP contribution is -2.14. The van der Waals surface area contributed by atoms with E-state index < -0.39 is 0 Å². The van der Waals surface area contributed by atoms with Gasteiger partial charge in [-0.05, 0) is 31.5 Å². The first-order valence-electron chi connectivity index (χ1n) is 7.74. The number of unbranched alkanes of at least 4 members (excludes halogenated alkanes) is 1. The molecule has 0 spiro atoms. The smallest absolute Gasteiger partial charge is 0.234 e. The maximum Gasteiger partial charge on any atom is 0.234 e. The Balaban J connectivity index is 1.92. The summed E-state index contributed by atoms with van der Waals surface area (Å²) in [6, 6.07) is 7.11. The first kappa shape index (κ1) is 17.8. The zero-order valence-electron chi connectivity index (χ0n) is 13.4. The first-order valence-corrected chi connectivity index (χ1v) is 9.10. The Kier molecular flexibility index (Phi) is 6.92. The predicted octanol–water partition coefficient (Wildman–Crippen LogP) is 4.02.